The Morgan fingerprint density at radius 3 is 2.00 bits per heavy atom. The molecule has 0 aliphatic carbocycles. The zero-order chi connectivity index (χ0) is 6.69. The van der Waals surface area contributed by atoms with E-state index in [0.717, 1.165) is 5.02 Å². The molecule has 11 heavy (non-hydrogen) atoms. The molecule has 0 spiro atoms. The molecule has 0 unspecified atom stereocenters. The molecule has 3 heteroatoms. The van der Waals surface area contributed by atoms with Gasteiger partial charge in [-0.05, 0) is 24.1 Å². The molecule has 0 bridgehead atoms. The van der Waals surface area contributed by atoms with Gasteiger partial charge in [0, 0.05) is 5.02 Å². The van der Waals surface area contributed by atoms with Crippen LogP contribution in [0.2, 0.25) is 5.02 Å². The van der Waals surface area contributed by atoms with E-state index < -0.39 is 0 Å². The summed E-state index contributed by atoms with van der Waals surface area (Å²) in [7, 11) is 0. The molecule has 0 aliphatic rings. The number of halogens is 1. The Hall–Kier alpha value is 1.11. The second-order valence-corrected chi connectivity index (χ2v) is 2.28. The van der Waals surface area contributed by atoms with Crippen molar-refractivity contribution in [1.82, 2.24) is 0 Å². The number of benzene rings is 1. The Bertz CT molecular complexity index is 186. The van der Waals surface area contributed by atoms with Crippen LogP contribution in [-0.2, 0) is 0 Å². The average molecular weight is 196 g/mol. The molecule has 0 saturated carbocycles. The van der Waals surface area contributed by atoms with Crippen LogP contribution in [0.3, 0.4) is 0 Å². The van der Waals surface area contributed by atoms with E-state index in [1.165, 1.54) is 5.56 Å². The van der Waals surface area contributed by atoms with Crippen LogP contribution in [0, 0.1) is 6.42 Å². The summed E-state index contributed by atoms with van der Waals surface area (Å²) in [5.41, 5.74) is 1.21. The second kappa shape index (κ2) is 7.74. The van der Waals surface area contributed by atoms with Gasteiger partial charge < -0.3 is 5.48 Å². The third-order valence-electron chi connectivity index (χ3n) is 1.20. The average Bonchev–Trinajstić information content (AvgIpc) is 1.90. The van der Waals surface area contributed by atoms with Crippen LogP contribution in [0.25, 0.3) is 0 Å². The summed E-state index contributed by atoms with van der Waals surface area (Å²) in [5.74, 6) is 0. The van der Waals surface area contributed by atoms with E-state index in [-0.39, 0.29) is 56.9 Å². The van der Waals surface area contributed by atoms with Crippen molar-refractivity contribution in [2.75, 3.05) is 0 Å². The molecule has 1 rings (SSSR count). The van der Waals surface area contributed by atoms with Crippen molar-refractivity contribution < 1.29 is 56.9 Å². The molecule has 0 heterocycles. The van der Waals surface area contributed by atoms with Gasteiger partial charge in [0.05, 0.1) is 0 Å². The van der Waals surface area contributed by atoms with Gasteiger partial charge in [0.15, 0.2) is 0 Å². The van der Waals surface area contributed by atoms with E-state index >= 15 is 0 Å². The molecule has 0 aliphatic heterocycles. The molecular formula is C8H9ClKO. The minimum Gasteiger partial charge on any atom is -0.870 e. The first-order valence-corrected chi connectivity index (χ1v) is 3.25. The fourth-order valence-electron chi connectivity index (χ4n) is 0.655. The maximum absolute atomic E-state index is 5.65. The Labute approximate surface area is 115 Å². The summed E-state index contributed by atoms with van der Waals surface area (Å²) in [6, 6.07) is 7.75. The Morgan fingerprint density at radius 1 is 1.18 bits per heavy atom. The third kappa shape index (κ3) is 5.36. The topological polar surface area (TPSA) is 30.0 Å². The van der Waals surface area contributed by atoms with Crippen molar-refractivity contribution in [1.29, 1.82) is 0 Å². The molecule has 1 N–H and O–H groups in total. The monoisotopic (exact) mass is 195 g/mol. The summed E-state index contributed by atoms with van der Waals surface area (Å²) in [6.45, 7) is 2.00. The van der Waals surface area contributed by atoms with E-state index in [0.29, 0.717) is 0 Å². The van der Waals surface area contributed by atoms with Crippen LogP contribution in [0.1, 0.15) is 12.5 Å². The summed E-state index contributed by atoms with van der Waals surface area (Å²) >= 11 is 5.65. The molecule has 1 aromatic carbocycles. The van der Waals surface area contributed by atoms with E-state index in [4.69, 9.17) is 11.6 Å². The second-order valence-electron chi connectivity index (χ2n) is 1.84. The van der Waals surface area contributed by atoms with Crippen LogP contribution in [0.5, 0.6) is 0 Å². The van der Waals surface area contributed by atoms with Gasteiger partial charge in [0.1, 0.15) is 0 Å². The van der Waals surface area contributed by atoms with Crippen LogP contribution >= 0.6 is 11.6 Å². The summed E-state index contributed by atoms with van der Waals surface area (Å²) in [4.78, 5) is 0. The Kier molecular flexibility index (Phi) is 10.3. The van der Waals surface area contributed by atoms with E-state index in [1.54, 1.807) is 0 Å². The largest absolute Gasteiger partial charge is 1.00 e. The predicted octanol–water partition coefficient (Wildman–Crippen LogP) is -0.261. The zero-order valence-electron chi connectivity index (χ0n) is 6.71. The van der Waals surface area contributed by atoms with Crippen molar-refractivity contribution in [2.24, 2.45) is 0 Å². The standard InChI is InChI=1S/C8H8Cl.K.H2O/c1-2-7-3-5-8(9)6-4-7;;/h2-6H,1H3;;1H2/q;+1;/p-1. The van der Waals surface area contributed by atoms with E-state index in [2.05, 4.69) is 0 Å². The minimum absolute atomic E-state index is 0. The number of hydrogen-bond donors (Lipinski definition) is 0. The first kappa shape index (κ1) is 14.6. The quantitative estimate of drug-likeness (QED) is 0.568. The maximum Gasteiger partial charge on any atom is 1.00 e. The van der Waals surface area contributed by atoms with Gasteiger partial charge in [-0.15, -0.1) is 0 Å². The van der Waals surface area contributed by atoms with E-state index in [9.17, 15) is 0 Å². The van der Waals surface area contributed by atoms with Crippen molar-refractivity contribution in [2.45, 2.75) is 6.92 Å². The number of hydrogen-bond acceptors (Lipinski definition) is 1. The molecule has 0 saturated heterocycles. The normalized spacial score (nSPS) is 7.82. The van der Waals surface area contributed by atoms with Crippen LogP contribution < -0.4 is 51.4 Å². The molecule has 55 valence electrons. The molecule has 1 aromatic rings. The minimum atomic E-state index is 0. The van der Waals surface area contributed by atoms with Crippen molar-refractivity contribution in [3.63, 3.8) is 0 Å². The summed E-state index contributed by atoms with van der Waals surface area (Å²) in [5, 5.41) is 0.792. The van der Waals surface area contributed by atoms with Gasteiger partial charge in [-0.1, -0.05) is 30.7 Å². The smallest absolute Gasteiger partial charge is 0.870 e. The fourth-order valence-corrected chi connectivity index (χ4v) is 0.781. The van der Waals surface area contributed by atoms with Crippen LogP contribution in [0.4, 0.5) is 0 Å². The summed E-state index contributed by atoms with van der Waals surface area (Å²) in [6.07, 6.45) is 2.04. The van der Waals surface area contributed by atoms with Crippen LogP contribution in [0.15, 0.2) is 24.3 Å². The van der Waals surface area contributed by atoms with Gasteiger partial charge in [-0.2, -0.15) is 0 Å². The molecule has 1 nitrogen and oxygen atoms in total. The van der Waals surface area contributed by atoms with Gasteiger partial charge in [0.2, 0.25) is 0 Å². The fraction of sp³-hybridized carbons (Fsp3) is 0.125. The maximum atomic E-state index is 5.65. The molecule has 1 radical (unpaired) electrons. The zero-order valence-corrected chi connectivity index (χ0v) is 10.6. The molecule has 0 amide bonds. The SMILES string of the molecule is C[CH]c1ccc(Cl)cc1.[K+].[OH-]. The first-order chi connectivity index (χ1) is 4.33. The van der Waals surface area contributed by atoms with Gasteiger partial charge >= 0.3 is 51.4 Å². The molecular weight excluding hydrogens is 187 g/mol. The van der Waals surface area contributed by atoms with Gasteiger partial charge in [-0.3, -0.25) is 0 Å². The number of rotatable bonds is 1. The molecule has 0 atom stereocenters. The van der Waals surface area contributed by atoms with Crippen molar-refractivity contribution >= 4 is 11.6 Å². The van der Waals surface area contributed by atoms with E-state index in [1.807, 2.05) is 37.6 Å². The molecule has 0 aromatic heterocycles. The first-order valence-electron chi connectivity index (χ1n) is 2.88. The van der Waals surface area contributed by atoms with Crippen molar-refractivity contribution in [3.05, 3.63) is 41.3 Å². The van der Waals surface area contributed by atoms with Crippen molar-refractivity contribution in [3.8, 4) is 0 Å². The Morgan fingerprint density at radius 2 is 1.64 bits per heavy atom. The third-order valence-corrected chi connectivity index (χ3v) is 1.46. The van der Waals surface area contributed by atoms with Gasteiger partial charge in [-0.25, -0.2) is 0 Å². The summed E-state index contributed by atoms with van der Waals surface area (Å²) < 4.78 is 0. The predicted molar refractivity (Wildman–Crippen MR) is 42.5 cm³/mol. The Balaban J connectivity index is 0. The molecule has 0 fully saturated rings. The van der Waals surface area contributed by atoms with Crippen LogP contribution in [-0.4, -0.2) is 5.48 Å². The van der Waals surface area contributed by atoms with Gasteiger partial charge in [0.25, 0.3) is 0 Å².